The van der Waals surface area contributed by atoms with Crippen molar-refractivity contribution >= 4 is 11.6 Å². The summed E-state index contributed by atoms with van der Waals surface area (Å²) in [7, 11) is 0. The van der Waals surface area contributed by atoms with Crippen LogP contribution in [0.2, 0.25) is 0 Å². The average Bonchev–Trinajstić information content (AvgIpc) is 3.05. The van der Waals surface area contributed by atoms with Gasteiger partial charge >= 0.3 is 6.01 Å². The zero-order valence-corrected chi connectivity index (χ0v) is 16.3. The van der Waals surface area contributed by atoms with E-state index in [9.17, 15) is 9.18 Å². The van der Waals surface area contributed by atoms with E-state index < -0.39 is 0 Å². The number of carbonyl (C=O) groups is 1. The van der Waals surface area contributed by atoms with Gasteiger partial charge in [0.05, 0.1) is 11.8 Å². The van der Waals surface area contributed by atoms with Crippen molar-refractivity contribution < 1.29 is 13.9 Å². The van der Waals surface area contributed by atoms with E-state index in [4.69, 9.17) is 4.74 Å². The maximum atomic E-state index is 13.8. The van der Waals surface area contributed by atoms with Gasteiger partial charge in [0.1, 0.15) is 5.82 Å². The number of benzene rings is 2. The normalized spacial score (nSPS) is 11.1. The second kappa shape index (κ2) is 8.21. The number of rotatable bonds is 6. The van der Waals surface area contributed by atoms with Gasteiger partial charge in [0, 0.05) is 17.2 Å². The first-order valence-corrected chi connectivity index (χ1v) is 9.14. The van der Waals surface area contributed by atoms with Gasteiger partial charge in [-0.05, 0) is 44.2 Å². The first-order chi connectivity index (χ1) is 13.3. The second-order valence-electron chi connectivity index (χ2n) is 7.00. The first kappa shape index (κ1) is 19.5. The van der Waals surface area contributed by atoms with Gasteiger partial charge in [-0.2, -0.15) is 4.98 Å². The van der Waals surface area contributed by atoms with E-state index >= 15 is 0 Å². The lowest BCUT2D eigenvalue weighted by atomic mass is 10.2. The summed E-state index contributed by atoms with van der Waals surface area (Å²) >= 11 is 0. The van der Waals surface area contributed by atoms with Crippen LogP contribution in [0.4, 0.5) is 10.1 Å². The quantitative estimate of drug-likeness (QED) is 0.684. The molecule has 3 aromatic rings. The predicted octanol–water partition coefficient (Wildman–Crippen LogP) is 4.46. The highest BCUT2D eigenvalue weighted by Gasteiger charge is 2.17. The molecule has 0 saturated heterocycles. The summed E-state index contributed by atoms with van der Waals surface area (Å²) in [5.41, 5.74) is 1.89. The van der Waals surface area contributed by atoms with E-state index in [2.05, 4.69) is 15.4 Å². The summed E-state index contributed by atoms with van der Waals surface area (Å²) in [6.07, 6.45) is -0.104. The molecule has 6 nitrogen and oxygen atoms in total. The van der Waals surface area contributed by atoms with Gasteiger partial charge in [-0.1, -0.05) is 32.0 Å². The fourth-order valence-corrected chi connectivity index (χ4v) is 2.55. The van der Waals surface area contributed by atoms with E-state index in [0.29, 0.717) is 22.8 Å². The van der Waals surface area contributed by atoms with E-state index in [1.807, 2.05) is 39.8 Å². The van der Waals surface area contributed by atoms with Crippen molar-refractivity contribution in [2.24, 2.45) is 5.92 Å². The molecule has 2 aromatic carbocycles. The molecule has 0 unspecified atom stereocenters. The lowest BCUT2D eigenvalue weighted by Gasteiger charge is -2.10. The summed E-state index contributed by atoms with van der Waals surface area (Å²) in [6.45, 7) is 7.41. The van der Waals surface area contributed by atoms with Crippen LogP contribution in [-0.2, 0) is 4.79 Å². The highest BCUT2D eigenvalue weighted by atomic mass is 19.1. The Morgan fingerprint density at radius 1 is 1.11 bits per heavy atom. The maximum absolute atomic E-state index is 13.8. The zero-order chi connectivity index (χ0) is 20.3. The van der Waals surface area contributed by atoms with Crippen molar-refractivity contribution in [1.29, 1.82) is 0 Å². The topological polar surface area (TPSA) is 69.0 Å². The van der Waals surface area contributed by atoms with Crippen molar-refractivity contribution in [3.8, 4) is 23.1 Å². The van der Waals surface area contributed by atoms with Crippen molar-refractivity contribution in [2.75, 3.05) is 5.32 Å². The van der Waals surface area contributed by atoms with Gasteiger partial charge in [0.2, 0.25) is 5.91 Å². The zero-order valence-electron chi connectivity index (χ0n) is 16.3. The summed E-state index contributed by atoms with van der Waals surface area (Å²) < 4.78 is 21.0. The molecule has 28 heavy (non-hydrogen) atoms. The Labute approximate surface area is 163 Å². The van der Waals surface area contributed by atoms with Crippen molar-refractivity contribution in [3.05, 3.63) is 54.3 Å². The number of hydrogen-bond donors (Lipinski definition) is 1. The minimum Gasteiger partial charge on any atom is -0.460 e. The van der Waals surface area contributed by atoms with E-state index in [1.165, 1.54) is 12.1 Å². The largest absolute Gasteiger partial charge is 0.460 e. The van der Waals surface area contributed by atoms with Crippen molar-refractivity contribution in [3.63, 3.8) is 0 Å². The summed E-state index contributed by atoms with van der Waals surface area (Å²) in [5.74, 6) is -0.132. The fourth-order valence-electron chi connectivity index (χ4n) is 2.55. The SMILES string of the molecule is CC(C)Oc1nc(-c2cccc(F)c2)n(-c2cccc(NC(=O)C(C)C)c2)n1. The molecule has 1 N–H and O–H groups in total. The molecule has 146 valence electrons. The highest BCUT2D eigenvalue weighted by molar-refractivity contribution is 5.92. The molecule has 1 heterocycles. The Hall–Kier alpha value is -3.22. The maximum Gasteiger partial charge on any atom is 0.336 e. The van der Waals surface area contributed by atoms with Gasteiger partial charge in [0.25, 0.3) is 0 Å². The molecule has 1 amide bonds. The molecule has 0 atom stereocenters. The predicted molar refractivity (Wildman–Crippen MR) is 106 cm³/mol. The molecule has 7 heteroatoms. The van der Waals surface area contributed by atoms with Crippen molar-refractivity contribution in [1.82, 2.24) is 14.8 Å². The molecule has 1 aromatic heterocycles. The van der Waals surface area contributed by atoms with Crippen LogP contribution in [-0.4, -0.2) is 26.8 Å². The Kier molecular flexibility index (Phi) is 5.73. The van der Waals surface area contributed by atoms with Crippen LogP contribution < -0.4 is 10.1 Å². The number of anilines is 1. The van der Waals surface area contributed by atoms with Gasteiger partial charge < -0.3 is 10.1 Å². The summed E-state index contributed by atoms with van der Waals surface area (Å²) in [6, 6.07) is 13.6. The fraction of sp³-hybridized carbons (Fsp3) is 0.286. The molecule has 0 bridgehead atoms. The second-order valence-corrected chi connectivity index (χ2v) is 7.00. The Balaban J connectivity index is 2.05. The molecule has 0 radical (unpaired) electrons. The standard InChI is InChI=1S/C21H23FN4O2/c1-13(2)20(27)23-17-9-6-10-18(12-17)26-19(15-7-5-8-16(22)11-15)24-21(25-26)28-14(3)4/h5-14H,1-4H3,(H,23,27). The molecular weight excluding hydrogens is 359 g/mol. The molecule has 0 aliphatic rings. The number of nitrogens with zero attached hydrogens (tertiary/aromatic N) is 3. The number of carbonyl (C=O) groups excluding carboxylic acids is 1. The van der Waals surface area contributed by atoms with Crippen LogP contribution in [0.25, 0.3) is 17.1 Å². The number of halogens is 1. The van der Waals surface area contributed by atoms with Gasteiger partial charge in [-0.25, -0.2) is 9.07 Å². The number of aromatic nitrogens is 3. The van der Waals surface area contributed by atoms with E-state index in [-0.39, 0.29) is 29.8 Å². The van der Waals surface area contributed by atoms with Gasteiger partial charge in [-0.15, -0.1) is 5.10 Å². The van der Waals surface area contributed by atoms with E-state index in [0.717, 1.165) is 0 Å². The molecular formula is C21H23FN4O2. The third-order valence-corrected chi connectivity index (χ3v) is 3.89. The molecule has 3 rings (SSSR count). The average molecular weight is 382 g/mol. The number of hydrogen-bond acceptors (Lipinski definition) is 4. The Morgan fingerprint density at radius 2 is 1.86 bits per heavy atom. The van der Waals surface area contributed by atoms with Crippen LogP contribution in [0.15, 0.2) is 48.5 Å². The minimum atomic E-state index is -0.365. The lowest BCUT2D eigenvalue weighted by Crippen LogP contribution is -2.17. The number of nitrogens with one attached hydrogen (secondary N) is 1. The monoisotopic (exact) mass is 382 g/mol. The molecule has 0 fully saturated rings. The minimum absolute atomic E-state index is 0.0788. The molecule has 0 aliphatic heterocycles. The van der Waals surface area contributed by atoms with Crippen LogP contribution in [0, 0.1) is 11.7 Å². The summed E-state index contributed by atoms with van der Waals surface area (Å²) in [4.78, 5) is 16.4. The number of ether oxygens (including phenoxy) is 1. The third kappa shape index (κ3) is 4.54. The van der Waals surface area contributed by atoms with Gasteiger partial charge in [0.15, 0.2) is 5.82 Å². The van der Waals surface area contributed by atoms with Crippen LogP contribution >= 0.6 is 0 Å². The van der Waals surface area contributed by atoms with Crippen LogP contribution in [0.1, 0.15) is 27.7 Å². The van der Waals surface area contributed by atoms with E-state index in [1.54, 1.807) is 28.9 Å². The molecule has 0 saturated carbocycles. The molecule has 0 aliphatic carbocycles. The Bertz CT molecular complexity index is 982. The van der Waals surface area contributed by atoms with Crippen LogP contribution in [0.5, 0.6) is 6.01 Å². The number of amides is 1. The van der Waals surface area contributed by atoms with Gasteiger partial charge in [-0.3, -0.25) is 4.79 Å². The first-order valence-electron chi connectivity index (χ1n) is 9.14. The highest BCUT2D eigenvalue weighted by Crippen LogP contribution is 2.26. The van der Waals surface area contributed by atoms with Crippen LogP contribution in [0.3, 0.4) is 0 Å². The van der Waals surface area contributed by atoms with Crippen molar-refractivity contribution in [2.45, 2.75) is 33.8 Å². The smallest absolute Gasteiger partial charge is 0.336 e. The molecule has 0 spiro atoms. The summed E-state index contributed by atoms with van der Waals surface area (Å²) in [5, 5.41) is 7.30. The third-order valence-electron chi connectivity index (χ3n) is 3.89. The lowest BCUT2D eigenvalue weighted by molar-refractivity contribution is -0.118. The Morgan fingerprint density at radius 3 is 2.54 bits per heavy atom.